The van der Waals surface area contributed by atoms with Crippen molar-refractivity contribution in [3.8, 4) is 0 Å². The van der Waals surface area contributed by atoms with Crippen molar-refractivity contribution in [2.75, 3.05) is 13.2 Å². The molecule has 1 unspecified atom stereocenters. The fraction of sp³-hybridized carbons (Fsp3) is 0.725. The normalized spacial score (nSPS) is 12.7. The number of unbranched alkanes of at least 4 members (excludes halogenated alkanes) is 30. The Bertz CT molecular complexity index is 1480. The summed E-state index contributed by atoms with van der Waals surface area (Å²) >= 11 is 0. The van der Waals surface area contributed by atoms with Gasteiger partial charge in [-0.1, -0.05) is 279 Å². The lowest BCUT2D eigenvalue weighted by molar-refractivity contribution is -0.167. The Morgan fingerprint density at radius 1 is 0.280 bits per heavy atom. The first-order valence-electron chi connectivity index (χ1n) is 31.7. The summed E-state index contributed by atoms with van der Waals surface area (Å²) in [4.78, 5) is 38.3. The molecule has 75 heavy (non-hydrogen) atoms. The van der Waals surface area contributed by atoms with Gasteiger partial charge in [0.25, 0.3) is 0 Å². The fourth-order valence-corrected chi connectivity index (χ4v) is 8.83. The number of hydrogen-bond acceptors (Lipinski definition) is 6. The van der Waals surface area contributed by atoms with Crippen LogP contribution < -0.4 is 0 Å². The third kappa shape index (κ3) is 61.1. The first-order chi connectivity index (χ1) is 37.0. The maximum atomic E-state index is 12.9. The maximum Gasteiger partial charge on any atom is 0.306 e. The molecule has 0 bridgehead atoms. The highest BCUT2D eigenvalue weighted by molar-refractivity contribution is 5.71. The predicted molar refractivity (Wildman–Crippen MR) is 325 cm³/mol. The van der Waals surface area contributed by atoms with Crippen LogP contribution in [0.1, 0.15) is 303 Å². The molecular weight excluding hydrogens is 925 g/mol. The van der Waals surface area contributed by atoms with Gasteiger partial charge in [-0.2, -0.15) is 0 Å². The van der Waals surface area contributed by atoms with E-state index in [1.165, 1.54) is 154 Å². The van der Waals surface area contributed by atoms with Crippen LogP contribution in [-0.4, -0.2) is 37.2 Å². The summed E-state index contributed by atoms with van der Waals surface area (Å²) in [6.45, 7) is 6.51. The van der Waals surface area contributed by atoms with Crippen molar-refractivity contribution in [1.82, 2.24) is 0 Å². The molecule has 0 aromatic heterocycles. The van der Waals surface area contributed by atoms with Gasteiger partial charge in [0, 0.05) is 19.3 Å². The van der Waals surface area contributed by atoms with Crippen molar-refractivity contribution < 1.29 is 28.6 Å². The van der Waals surface area contributed by atoms with Crippen LogP contribution in [0.5, 0.6) is 0 Å². The summed E-state index contributed by atoms with van der Waals surface area (Å²) in [6.07, 6.45) is 84.1. The van der Waals surface area contributed by atoms with Crippen molar-refractivity contribution in [3.63, 3.8) is 0 Å². The Morgan fingerprint density at radius 2 is 0.520 bits per heavy atom. The van der Waals surface area contributed by atoms with Crippen LogP contribution in [-0.2, 0) is 28.6 Å². The van der Waals surface area contributed by atoms with Crippen LogP contribution in [0, 0.1) is 0 Å². The van der Waals surface area contributed by atoms with E-state index in [1.54, 1.807) is 0 Å². The average molecular weight is 1040 g/mol. The second-order valence-electron chi connectivity index (χ2n) is 20.9. The minimum absolute atomic E-state index is 0.0902. The number of carbonyl (C=O) groups is 3. The van der Waals surface area contributed by atoms with E-state index in [2.05, 4.69) is 118 Å². The first-order valence-corrected chi connectivity index (χ1v) is 31.7. The molecular formula is C69H118O6. The van der Waals surface area contributed by atoms with Crippen LogP contribution in [0.25, 0.3) is 0 Å². The molecule has 0 aliphatic rings. The molecule has 0 aliphatic heterocycles. The largest absolute Gasteiger partial charge is 0.462 e. The Morgan fingerprint density at radius 3 is 0.827 bits per heavy atom. The third-order valence-corrected chi connectivity index (χ3v) is 13.6. The van der Waals surface area contributed by atoms with E-state index in [4.69, 9.17) is 14.2 Å². The van der Waals surface area contributed by atoms with Gasteiger partial charge < -0.3 is 14.2 Å². The highest BCUT2D eigenvalue weighted by Crippen LogP contribution is 2.16. The standard InChI is InChI=1S/C69H118O6/c1-4-7-10-13-16-19-22-25-27-29-31-32-33-34-35-36-38-39-41-44-47-50-53-56-59-62-68(71)74-65-66(64-73-67(70)61-58-55-52-49-46-43-24-21-18-15-12-9-6-3)75-69(72)63-60-57-54-51-48-45-42-40-37-30-28-26-23-20-17-14-11-8-5-2/h8,11,17,20,22,25-26,28-29,31,33-34,37,40,45,48,66H,4-7,9-10,12-16,18-19,21,23-24,27,30,32,35-36,38-39,41-44,46-47,49-65H2,1-3H3/b11-8-,20-17-,25-22-,28-26-,31-29-,34-33-,40-37-,48-45-. The summed E-state index contributed by atoms with van der Waals surface area (Å²) in [6, 6.07) is 0. The summed E-state index contributed by atoms with van der Waals surface area (Å²) < 4.78 is 16.9. The van der Waals surface area contributed by atoms with Gasteiger partial charge in [-0.15, -0.1) is 0 Å². The van der Waals surface area contributed by atoms with Crippen molar-refractivity contribution in [2.45, 2.75) is 309 Å². The zero-order valence-electron chi connectivity index (χ0n) is 49.3. The third-order valence-electron chi connectivity index (χ3n) is 13.6. The van der Waals surface area contributed by atoms with E-state index >= 15 is 0 Å². The van der Waals surface area contributed by atoms with Crippen LogP contribution >= 0.6 is 0 Å². The van der Waals surface area contributed by atoms with Crippen LogP contribution in [0.15, 0.2) is 97.2 Å². The molecule has 6 nitrogen and oxygen atoms in total. The van der Waals surface area contributed by atoms with Crippen molar-refractivity contribution >= 4 is 17.9 Å². The molecule has 0 N–H and O–H groups in total. The molecule has 0 heterocycles. The zero-order valence-corrected chi connectivity index (χ0v) is 49.3. The van der Waals surface area contributed by atoms with Crippen LogP contribution in [0.4, 0.5) is 0 Å². The lowest BCUT2D eigenvalue weighted by Gasteiger charge is -2.18. The molecule has 0 aromatic rings. The Labute approximate surface area is 464 Å². The maximum absolute atomic E-state index is 12.9. The highest BCUT2D eigenvalue weighted by Gasteiger charge is 2.19. The summed E-state index contributed by atoms with van der Waals surface area (Å²) in [5.41, 5.74) is 0. The lowest BCUT2D eigenvalue weighted by Crippen LogP contribution is -2.30. The van der Waals surface area contributed by atoms with Crippen molar-refractivity contribution in [3.05, 3.63) is 97.2 Å². The topological polar surface area (TPSA) is 78.9 Å². The van der Waals surface area contributed by atoms with Gasteiger partial charge in [-0.05, 0) is 103 Å². The van der Waals surface area contributed by atoms with E-state index in [0.717, 1.165) is 109 Å². The molecule has 0 aliphatic carbocycles. The molecule has 430 valence electrons. The van der Waals surface area contributed by atoms with E-state index in [-0.39, 0.29) is 37.5 Å². The van der Waals surface area contributed by atoms with E-state index < -0.39 is 6.10 Å². The molecule has 6 heteroatoms. The number of esters is 3. The van der Waals surface area contributed by atoms with Crippen LogP contribution in [0.3, 0.4) is 0 Å². The van der Waals surface area contributed by atoms with Gasteiger partial charge in [-0.3, -0.25) is 14.4 Å². The second kappa shape index (κ2) is 62.9. The van der Waals surface area contributed by atoms with E-state index in [0.29, 0.717) is 12.8 Å². The first kappa shape index (κ1) is 71.3. The second-order valence-corrected chi connectivity index (χ2v) is 20.9. The molecule has 0 fully saturated rings. The fourth-order valence-electron chi connectivity index (χ4n) is 8.83. The SMILES string of the molecule is CC/C=C\C/C=C\C/C=C\C/C=C\C/C=C\CCCCCC(=O)OC(COC(=O)CCCCCCCCCCCC/C=C\C/C=C\C/C=C\CCCCCCC)COC(=O)CCCCCCCCCCCCCCC. The summed E-state index contributed by atoms with van der Waals surface area (Å²) in [5, 5.41) is 0. The van der Waals surface area contributed by atoms with Crippen LogP contribution in [0.2, 0.25) is 0 Å². The molecule has 0 spiro atoms. The number of hydrogen-bond donors (Lipinski definition) is 0. The quantitative estimate of drug-likeness (QED) is 0.0261. The highest BCUT2D eigenvalue weighted by atomic mass is 16.6. The molecule has 0 aromatic carbocycles. The average Bonchev–Trinajstić information content (AvgIpc) is 3.41. The van der Waals surface area contributed by atoms with Gasteiger partial charge >= 0.3 is 17.9 Å². The minimum atomic E-state index is -0.797. The number of ether oxygens (including phenoxy) is 3. The van der Waals surface area contributed by atoms with Crippen molar-refractivity contribution in [1.29, 1.82) is 0 Å². The predicted octanol–water partition coefficient (Wildman–Crippen LogP) is 21.7. The number of allylic oxidation sites excluding steroid dienone is 16. The Kier molecular flexibility index (Phi) is 59.8. The molecule has 0 radical (unpaired) electrons. The minimum Gasteiger partial charge on any atom is -0.462 e. The Balaban J connectivity index is 4.37. The molecule has 0 saturated heterocycles. The van der Waals surface area contributed by atoms with E-state index in [1.807, 2.05) is 0 Å². The Hall–Kier alpha value is -3.67. The molecule has 1 atom stereocenters. The number of rotatable bonds is 57. The van der Waals surface area contributed by atoms with Gasteiger partial charge in [0.1, 0.15) is 13.2 Å². The summed E-state index contributed by atoms with van der Waals surface area (Å²) in [7, 11) is 0. The zero-order chi connectivity index (χ0) is 54.3. The van der Waals surface area contributed by atoms with Crippen molar-refractivity contribution in [2.24, 2.45) is 0 Å². The summed E-state index contributed by atoms with van der Waals surface area (Å²) in [5.74, 6) is -0.918. The van der Waals surface area contributed by atoms with E-state index in [9.17, 15) is 14.4 Å². The molecule has 0 rings (SSSR count). The van der Waals surface area contributed by atoms with Gasteiger partial charge in [-0.25, -0.2) is 0 Å². The molecule has 0 saturated carbocycles. The number of carbonyl (C=O) groups excluding carboxylic acids is 3. The van der Waals surface area contributed by atoms with Gasteiger partial charge in [0.2, 0.25) is 0 Å². The lowest BCUT2D eigenvalue weighted by atomic mass is 10.0. The van der Waals surface area contributed by atoms with Gasteiger partial charge in [0.05, 0.1) is 0 Å². The molecule has 0 amide bonds. The smallest absolute Gasteiger partial charge is 0.306 e. The van der Waals surface area contributed by atoms with Gasteiger partial charge in [0.15, 0.2) is 6.10 Å². The monoisotopic (exact) mass is 1040 g/mol.